The van der Waals surface area contributed by atoms with E-state index in [1.807, 2.05) is 59.9 Å². The normalized spacial score (nSPS) is 12.1. The first kappa shape index (κ1) is 82.6. The van der Waals surface area contributed by atoms with E-state index in [-0.39, 0.29) is 5.41 Å². The van der Waals surface area contributed by atoms with Gasteiger partial charge >= 0.3 is 0 Å². The quantitative estimate of drug-likeness (QED) is 0.115. The summed E-state index contributed by atoms with van der Waals surface area (Å²) in [5.41, 5.74) is 36.9. The molecule has 0 radical (unpaired) electrons. The largest absolute Gasteiger partial charge is 0.309 e. The summed E-state index contributed by atoms with van der Waals surface area (Å²) in [5.74, 6) is 1.41. The van der Waals surface area contributed by atoms with Crippen molar-refractivity contribution in [3.05, 3.63) is 509 Å². The summed E-state index contributed by atoms with van der Waals surface area (Å²) in [6.45, 7) is 4.71. The summed E-state index contributed by atoms with van der Waals surface area (Å²) in [4.78, 5) is 20.2. The summed E-state index contributed by atoms with van der Waals surface area (Å²) < 4.78 is 12.2. The van der Waals surface area contributed by atoms with Crippen LogP contribution in [0, 0.1) is 0 Å². The number of thiophene rings is 1. The molecule has 0 N–H and O–H groups in total. The van der Waals surface area contributed by atoms with E-state index in [0.29, 0.717) is 11.6 Å². The van der Waals surface area contributed by atoms with Crippen LogP contribution in [-0.4, -0.2) is 38.2 Å². The second kappa shape index (κ2) is 34.4. The third-order valence-corrected chi connectivity index (χ3v) is 29.3. The lowest BCUT2D eigenvalue weighted by atomic mass is 9.81. The van der Waals surface area contributed by atoms with Crippen LogP contribution in [0.25, 0.3) is 242 Å². The molecule has 0 unspecified atom stereocenters. The first-order valence-corrected chi connectivity index (χ1v) is 48.6. The zero-order valence-electron chi connectivity index (χ0n) is 76.8. The fourth-order valence-corrected chi connectivity index (χ4v) is 22.5. The molecule has 1 aliphatic rings. The number of rotatable bonds is 13. The van der Waals surface area contributed by atoms with Crippen LogP contribution in [0.15, 0.2) is 497 Å². The van der Waals surface area contributed by atoms with Crippen molar-refractivity contribution in [3.63, 3.8) is 0 Å². The fourth-order valence-electron chi connectivity index (χ4n) is 21.4. The van der Waals surface area contributed by atoms with Crippen LogP contribution >= 0.6 is 11.3 Å². The van der Waals surface area contributed by atoms with Gasteiger partial charge < -0.3 is 18.3 Å². The molecule has 140 heavy (non-hydrogen) atoms. The predicted octanol–water partition coefficient (Wildman–Crippen LogP) is 34.7. The Morgan fingerprint density at radius 2 is 0.457 bits per heavy atom. The van der Waals surface area contributed by atoms with E-state index < -0.39 is 0 Å². The van der Waals surface area contributed by atoms with Crippen molar-refractivity contribution in [1.82, 2.24) is 38.2 Å². The van der Waals surface area contributed by atoms with Crippen LogP contribution in [0.1, 0.15) is 25.0 Å². The van der Waals surface area contributed by atoms with Gasteiger partial charge in [0, 0.05) is 125 Å². The second-order valence-electron chi connectivity index (χ2n) is 36.7. The van der Waals surface area contributed by atoms with Gasteiger partial charge in [-0.25, -0.2) is 19.9 Å². The van der Waals surface area contributed by atoms with E-state index in [0.717, 1.165) is 89.8 Å². The van der Waals surface area contributed by atoms with Crippen LogP contribution in [0.5, 0.6) is 0 Å². The van der Waals surface area contributed by atoms with E-state index >= 15 is 0 Å². The molecular formula is C131H88N8S. The Morgan fingerprint density at radius 1 is 0.171 bits per heavy atom. The van der Waals surface area contributed by atoms with Crippen LogP contribution in [0.3, 0.4) is 0 Å². The lowest BCUT2D eigenvalue weighted by Gasteiger charge is -2.22. The molecule has 0 atom stereocenters. The minimum Gasteiger partial charge on any atom is -0.309 e. The van der Waals surface area contributed by atoms with Crippen molar-refractivity contribution >= 4 is 119 Å². The highest BCUT2D eigenvalue weighted by Gasteiger charge is 2.36. The molecular weight excluding hydrogens is 1720 g/mol. The number of aromatic nitrogens is 8. The third-order valence-electron chi connectivity index (χ3n) is 28.2. The van der Waals surface area contributed by atoms with E-state index in [4.69, 9.17) is 19.9 Å². The highest BCUT2D eigenvalue weighted by molar-refractivity contribution is 7.25. The van der Waals surface area contributed by atoms with Crippen molar-refractivity contribution in [2.24, 2.45) is 0 Å². The number of hydrogen-bond donors (Lipinski definition) is 0. The Labute approximate surface area is 813 Å². The highest BCUT2D eigenvalue weighted by atomic mass is 32.1. The van der Waals surface area contributed by atoms with Gasteiger partial charge in [0.25, 0.3) is 0 Å². The molecule has 20 aromatic carbocycles. The Balaban J connectivity index is 0.000000110. The van der Waals surface area contributed by atoms with Crippen LogP contribution in [0.4, 0.5) is 0 Å². The summed E-state index contributed by atoms with van der Waals surface area (Å²) in [6.07, 6.45) is 0. The van der Waals surface area contributed by atoms with E-state index in [1.54, 1.807) is 0 Å². The average molecular weight is 1810 g/mol. The van der Waals surface area contributed by atoms with Gasteiger partial charge in [0.2, 0.25) is 0 Å². The highest BCUT2D eigenvalue weighted by Crippen LogP contribution is 2.51. The molecule has 658 valence electrons. The average Bonchev–Trinajstić information content (AvgIpc) is 1.58. The van der Waals surface area contributed by atoms with Crippen molar-refractivity contribution in [1.29, 1.82) is 0 Å². The Kier molecular flexibility index (Phi) is 20.3. The third kappa shape index (κ3) is 14.5. The van der Waals surface area contributed by atoms with Gasteiger partial charge in [-0.05, 0) is 201 Å². The topological polar surface area (TPSA) is 71.3 Å². The summed E-state index contributed by atoms with van der Waals surface area (Å²) in [5, 5.41) is 12.7. The van der Waals surface area contributed by atoms with Crippen LogP contribution < -0.4 is 0 Å². The molecule has 0 saturated carbocycles. The number of para-hydroxylation sites is 7. The molecule has 1 aliphatic carbocycles. The number of fused-ring (bicyclic) bond motifs is 18. The Morgan fingerprint density at radius 3 is 0.914 bits per heavy atom. The number of nitrogens with zero attached hydrogens (tertiary/aromatic N) is 8. The van der Waals surface area contributed by atoms with Crippen LogP contribution in [0.2, 0.25) is 0 Å². The monoisotopic (exact) mass is 1800 g/mol. The number of benzene rings is 20. The maximum atomic E-state index is 5.13. The Hall–Kier alpha value is -18.0. The zero-order chi connectivity index (χ0) is 92.9. The molecule has 0 spiro atoms. The molecule has 9 heteroatoms. The molecule has 0 saturated heterocycles. The fraction of sp³-hybridized carbons (Fsp3) is 0.0229. The van der Waals surface area contributed by atoms with Gasteiger partial charge in [0.15, 0.2) is 11.6 Å². The Bertz CT molecular complexity index is 9280. The summed E-state index contributed by atoms with van der Waals surface area (Å²) >= 11 is 1.88. The van der Waals surface area contributed by atoms with Gasteiger partial charge in [0.1, 0.15) is 0 Å². The van der Waals surface area contributed by atoms with Gasteiger partial charge in [-0.1, -0.05) is 366 Å². The predicted molar refractivity (Wildman–Crippen MR) is 587 cm³/mol. The molecule has 27 aromatic rings. The molecule has 0 aliphatic heterocycles. The SMILES string of the molecule is CC1(C)c2ccccc2-c2ccc(-c3ccc4sc5ccc(-n6c7ccccc7c7ccccc76)cc5c4c3)cc21.c1ccc(-c2cc(-c3ccccc3)nc(-c3ccc(-c4ccc(-n5c6ccccc6c6ccccc65)cc4)cc3)n2)cc1.c1ccc(-c2cc(-c3ccccc3)nc(-c3cccc(-n4c5ccccc5c5cc(-c6ccc7c(c6)c6ccccc6n7-c6ccccc6)ccc54)c3)n2)cc1. The molecule has 7 heterocycles. The van der Waals surface area contributed by atoms with Crippen molar-refractivity contribution in [3.8, 4) is 135 Å². The molecule has 28 rings (SSSR count). The summed E-state index contributed by atoms with van der Waals surface area (Å²) in [7, 11) is 0. The maximum absolute atomic E-state index is 5.13. The van der Waals surface area contributed by atoms with E-state index in [2.05, 4.69) is 481 Å². The lowest BCUT2D eigenvalue weighted by Crippen LogP contribution is -2.14. The molecule has 0 bridgehead atoms. The van der Waals surface area contributed by atoms with Gasteiger partial charge in [0.05, 0.1) is 66.9 Å². The minimum absolute atomic E-state index is 0.00166. The molecule has 0 amide bonds. The van der Waals surface area contributed by atoms with Crippen molar-refractivity contribution in [2.75, 3.05) is 0 Å². The molecule has 0 fully saturated rings. The van der Waals surface area contributed by atoms with Crippen LogP contribution in [-0.2, 0) is 5.41 Å². The standard InChI is InChI=1S/C52H34N4.C40H27N3.C39H27NS/c1-4-15-35(16-5-1)46-34-47(36-17-6-2-7-18-36)54-52(53-46)39-19-14-22-41(31-39)56-49-26-13-11-24-43(49)45-33-38(28-30-51(45)56)37-27-29-50-44(32-37)42-23-10-12-25-48(42)55(50)40-20-8-3-9-21-40;1-3-11-30(12-4-1)36-27-37(31-13-5-2-6-14-31)42-40(41-36)32-21-19-28(20-22-32)29-23-25-33(26-24-29)43-38-17-9-7-15-34(38)35-16-8-10-18-39(35)43;1-39(2)33-12-6-3-9-27(33)28-18-15-25(22-34(28)39)24-16-19-37-31(21-24)32-23-26(17-20-38(32)41-37)40-35-13-7-4-10-29(35)30-11-5-8-14-36(30)40/h1-34H;1-27H;3-23H,1-2H3. The summed E-state index contributed by atoms with van der Waals surface area (Å²) in [6, 6.07) is 178. The molecule has 8 nitrogen and oxygen atoms in total. The van der Waals surface area contributed by atoms with Gasteiger partial charge in [-0.2, -0.15) is 0 Å². The van der Waals surface area contributed by atoms with Crippen molar-refractivity contribution < 1.29 is 0 Å². The second-order valence-corrected chi connectivity index (χ2v) is 37.8. The lowest BCUT2D eigenvalue weighted by molar-refractivity contribution is 0.660. The maximum Gasteiger partial charge on any atom is 0.160 e. The first-order chi connectivity index (χ1) is 69.2. The van der Waals surface area contributed by atoms with E-state index in [9.17, 15) is 0 Å². The number of hydrogen-bond acceptors (Lipinski definition) is 5. The first-order valence-electron chi connectivity index (χ1n) is 47.8. The minimum atomic E-state index is -0.00166. The van der Waals surface area contributed by atoms with Crippen molar-refractivity contribution in [2.45, 2.75) is 19.3 Å². The molecule has 7 aromatic heterocycles. The van der Waals surface area contributed by atoms with Gasteiger partial charge in [-0.3, -0.25) is 0 Å². The zero-order valence-corrected chi connectivity index (χ0v) is 77.6. The van der Waals surface area contributed by atoms with E-state index in [1.165, 1.54) is 152 Å². The smallest absolute Gasteiger partial charge is 0.160 e. The van der Waals surface area contributed by atoms with Gasteiger partial charge in [-0.15, -0.1) is 11.3 Å².